The molecule has 1 aliphatic carbocycles. The summed E-state index contributed by atoms with van der Waals surface area (Å²) in [5.41, 5.74) is 1.12. The molecule has 4 rings (SSSR count). The van der Waals surface area contributed by atoms with Gasteiger partial charge in [-0.15, -0.1) is 24.0 Å². The topological polar surface area (TPSA) is 64.1 Å². The highest BCUT2D eigenvalue weighted by molar-refractivity contribution is 14.0. The third-order valence-corrected chi connectivity index (χ3v) is 4.67. The van der Waals surface area contributed by atoms with Crippen LogP contribution in [0.3, 0.4) is 0 Å². The van der Waals surface area contributed by atoms with Gasteiger partial charge in [0.25, 0.3) is 0 Å². The summed E-state index contributed by atoms with van der Waals surface area (Å²) < 4.78 is 17.1. The second-order valence-corrected chi connectivity index (χ2v) is 6.93. The van der Waals surface area contributed by atoms with Crippen molar-refractivity contribution in [2.24, 2.45) is 4.99 Å². The van der Waals surface area contributed by atoms with Gasteiger partial charge in [-0.2, -0.15) is 0 Å². The maximum absolute atomic E-state index is 5.76. The molecule has 1 saturated carbocycles. The van der Waals surface area contributed by atoms with Crippen LogP contribution >= 0.6 is 24.0 Å². The van der Waals surface area contributed by atoms with Crippen molar-refractivity contribution in [3.63, 3.8) is 0 Å². The Balaban J connectivity index is 0.00000196. The zero-order valence-electron chi connectivity index (χ0n) is 15.0. The molecule has 0 bridgehead atoms. The van der Waals surface area contributed by atoms with Crippen molar-refractivity contribution in [3.05, 3.63) is 23.8 Å². The SMILES string of the molecule is I.c1cc2c(cc1CN=C(NCC1CCCO1)NC1CC1)OCCCO2. The van der Waals surface area contributed by atoms with Crippen LogP contribution in [-0.2, 0) is 11.3 Å². The van der Waals surface area contributed by atoms with Gasteiger partial charge in [0.15, 0.2) is 17.5 Å². The Morgan fingerprint density at radius 1 is 1.04 bits per heavy atom. The van der Waals surface area contributed by atoms with Crippen molar-refractivity contribution < 1.29 is 14.2 Å². The summed E-state index contributed by atoms with van der Waals surface area (Å²) in [7, 11) is 0. The van der Waals surface area contributed by atoms with E-state index in [1.54, 1.807) is 0 Å². The summed E-state index contributed by atoms with van der Waals surface area (Å²) in [6.07, 6.45) is 5.97. The van der Waals surface area contributed by atoms with Gasteiger partial charge in [-0.1, -0.05) is 6.07 Å². The fraction of sp³-hybridized carbons (Fsp3) is 0.632. The minimum absolute atomic E-state index is 0. The van der Waals surface area contributed by atoms with Gasteiger partial charge in [-0.25, -0.2) is 4.99 Å². The number of aliphatic imine (C=N–C) groups is 1. The number of fused-ring (bicyclic) bond motifs is 1. The largest absolute Gasteiger partial charge is 0.490 e. The van der Waals surface area contributed by atoms with E-state index in [1.165, 1.54) is 12.8 Å². The van der Waals surface area contributed by atoms with Crippen molar-refractivity contribution in [3.8, 4) is 11.5 Å². The van der Waals surface area contributed by atoms with Crippen LogP contribution in [0.1, 0.15) is 37.7 Å². The van der Waals surface area contributed by atoms with Crippen LogP contribution in [0.15, 0.2) is 23.2 Å². The van der Waals surface area contributed by atoms with Crippen molar-refractivity contribution in [2.75, 3.05) is 26.4 Å². The van der Waals surface area contributed by atoms with Gasteiger partial charge < -0.3 is 24.8 Å². The second kappa shape index (κ2) is 9.64. The summed E-state index contributed by atoms with van der Waals surface area (Å²) in [6.45, 7) is 3.74. The van der Waals surface area contributed by atoms with E-state index in [4.69, 9.17) is 19.2 Å². The highest BCUT2D eigenvalue weighted by atomic mass is 127. The van der Waals surface area contributed by atoms with Crippen LogP contribution in [0, 0.1) is 0 Å². The number of nitrogens with one attached hydrogen (secondary N) is 2. The lowest BCUT2D eigenvalue weighted by molar-refractivity contribution is 0.113. The van der Waals surface area contributed by atoms with Crippen molar-refractivity contribution in [1.82, 2.24) is 10.6 Å². The third kappa shape index (κ3) is 5.64. The molecule has 144 valence electrons. The van der Waals surface area contributed by atoms with Crippen LogP contribution in [0.25, 0.3) is 0 Å². The van der Waals surface area contributed by atoms with Gasteiger partial charge in [0, 0.05) is 25.6 Å². The number of hydrogen-bond donors (Lipinski definition) is 2. The molecular formula is C19H28IN3O3. The first-order valence-electron chi connectivity index (χ1n) is 9.42. The second-order valence-electron chi connectivity index (χ2n) is 6.93. The molecule has 1 aromatic carbocycles. The highest BCUT2D eigenvalue weighted by Crippen LogP contribution is 2.30. The lowest BCUT2D eigenvalue weighted by Gasteiger charge is -2.15. The number of benzene rings is 1. The van der Waals surface area contributed by atoms with E-state index in [-0.39, 0.29) is 24.0 Å². The number of hydrogen-bond acceptors (Lipinski definition) is 4. The van der Waals surface area contributed by atoms with E-state index < -0.39 is 0 Å². The highest BCUT2D eigenvalue weighted by Gasteiger charge is 2.23. The lowest BCUT2D eigenvalue weighted by Crippen LogP contribution is -2.42. The zero-order chi connectivity index (χ0) is 16.9. The molecule has 0 aromatic heterocycles. The van der Waals surface area contributed by atoms with Gasteiger partial charge in [-0.05, 0) is 43.4 Å². The summed E-state index contributed by atoms with van der Waals surface area (Å²) in [5, 5.41) is 6.92. The summed E-state index contributed by atoms with van der Waals surface area (Å²) in [6, 6.07) is 6.66. The van der Waals surface area contributed by atoms with Crippen LogP contribution < -0.4 is 20.1 Å². The van der Waals surface area contributed by atoms with Crippen molar-refractivity contribution in [2.45, 2.75) is 50.8 Å². The van der Waals surface area contributed by atoms with Crippen molar-refractivity contribution in [1.29, 1.82) is 0 Å². The Morgan fingerprint density at radius 2 is 1.88 bits per heavy atom. The normalized spacial score (nSPS) is 22.3. The molecule has 2 fully saturated rings. The van der Waals surface area contributed by atoms with E-state index in [9.17, 15) is 0 Å². The van der Waals surface area contributed by atoms with E-state index in [0.717, 1.165) is 55.4 Å². The van der Waals surface area contributed by atoms with Crippen LogP contribution in [0.4, 0.5) is 0 Å². The molecular weight excluding hydrogens is 445 g/mol. The average Bonchev–Trinajstić information content (AvgIpc) is 3.35. The molecule has 26 heavy (non-hydrogen) atoms. The number of ether oxygens (including phenoxy) is 3. The first-order valence-corrected chi connectivity index (χ1v) is 9.42. The van der Waals surface area contributed by atoms with Gasteiger partial charge in [0.1, 0.15) is 0 Å². The number of nitrogens with zero attached hydrogens (tertiary/aromatic N) is 1. The number of rotatable bonds is 5. The first-order chi connectivity index (χ1) is 12.4. The molecule has 1 saturated heterocycles. The van der Waals surface area contributed by atoms with Crippen LogP contribution in [0.5, 0.6) is 11.5 Å². The van der Waals surface area contributed by atoms with Crippen LogP contribution in [-0.4, -0.2) is 44.5 Å². The minimum atomic E-state index is 0. The fourth-order valence-corrected chi connectivity index (χ4v) is 3.07. The fourth-order valence-electron chi connectivity index (χ4n) is 3.07. The predicted octanol–water partition coefficient (Wildman–Crippen LogP) is 2.84. The Labute approximate surface area is 172 Å². The molecule has 3 aliphatic rings. The van der Waals surface area contributed by atoms with Gasteiger partial charge in [0.2, 0.25) is 0 Å². The predicted molar refractivity (Wildman–Crippen MR) is 112 cm³/mol. The molecule has 0 amide bonds. The Kier molecular flexibility index (Phi) is 7.24. The summed E-state index contributed by atoms with van der Waals surface area (Å²) in [5.74, 6) is 2.54. The maximum atomic E-state index is 5.76. The minimum Gasteiger partial charge on any atom is -0.490 e. The quantitative estimate of drug-likeness (QED) is 0.391. The van der Waals surface area contributed by atoms with E-state index in [0.29, 0.717) is 31.9 Å². The smallest absolute Gasteiger partial charge is 0.191 e. The monoisotopic (exact) mass is 473 g/mol. The molecule has 1 aromatic rings. The van der Waals surface area contributed by atoms with E-state index in [2.05, 4.69) is 16.7 Å². The molecule has 1 unspecified atom stereocenters. The molecule has 2 N–H and O–H groups in total. The Bertz CT molecular complexity index is 616. The average molecular weight is 473 g/mol. The molecule has 0 radical (unpaired) electrons. The van der Waals surface area contributed by atoms with Gasteiger partial charge >= 0.3 is 0 Å². The summed E-state index contributed by atoms with van der Waals surface area (Å²) >= 11 is 0. The third-order valence-electron chi connectivity index (χ3n) is 4.67. The van der Waals surface area contributed by atoms with Gasteiger partial charge in [-0.3, -0.25) is 0 Å². The maximum Gasteiger partial charge on any atom is 0.191 e. The molecule has 6 nitrogen and oxygen atoms in total. The van der Waals surface area contributed by atoms with E-state index >= 15 is 0 Å². The van der Waals surface area contributed by atoms with Gasteiger partial charge in [0.05, 0.1) is 25.9 Å². The summed E-state index contributed by atoms with van der Waals surface area (Å²) in [4.78, 5) is 4.75. The first kappa shape index (κ1) is 19.5. The zero-order valence-corrected chi connectivity index (χ0v) is 17.4. The van der Waals surface area contributed by atoms with E-state index in [1.807, 2.05) is 12.1 Å². The number of halogens is 1. The van der Waals surface area contributed by atoms with Crippen LogP contribution in [0.2, 0.25) is 0 Å². The molecule has 2 aliphatic heterocycles. The van der Waals surface area contributed by atoms with Crippen molar-refractivity contribution >= 4 is 29.9 Å². The lowest BCUT2D eigenvalue weighted by atomic mass is 10.2. The molecule has 2 heterocycles. The molecule has 7 heteroatoms. The Hall–Kier alpha value is -1.22. The number of guanidine groups is 1. The Morgan fingerprint density at radius 3 is 2.65 bits per heavy atom. The molecule has 1 atom stereocenters. The molecule has 0 spiro atoms. The standard InChI is InChI=1S/C19H27N3O3.HI/c1-3-16(23-8-1)13-21-19(22-15-5-6-15)20-12-14-4-7-17-18(11-14)25-10-2-9-24-17;/h4,7,11,15-16H,1-3,5-6,8-10,12-13H2,(H2,20,21,22);1H.